The van der Waals surface area contributed by atoms with Crippen LogP contribution in [0.4, 0.5) is 0 Å². The van der Waals surface area contributed by atoms with Gasteiger partial charge in [0.2, 0.25) is 0 Å². The van der Waals surface area contributed by atoms with Crippen molar-refractivity contribution in [2.75, 3.05) is 19.6 Å². The molecular weight excluding hydrogens is 252 g/mol. The summed E-state index contributed by atoms with van der Waals surface area (Å²) in [6, 6.07) is 3.59. The summed E-state index contributed by atoms with van der Waals surface area (Å²) in [5.74, 6) is 0.772. The molecule has 1 aromatic rings. The molecule has 0 saturated carbocycles. The van der Waals surface area contributed by atoms with Gasteiger partial charge in [-0.15, -0.1) is 0 Å². The lowest BCUT2D eigenvalue weighted by molar-refractivity contribution is 0.186. The second-order valence-corrected chi connectivity index (χ2v) is 6.76. The summed E-state index contributed by atoms with van der Waals surface area (Å²) in [7, 11) is 0. The van der Waals surface area contributed by atoms with Crippen LogP contribution in [0.3, 0.4) is 0 Å². The Labute approximate surface area is 122 Å². The Morgan fingerprint density at radius 2 is 2.32 bits per heavy atom. The lowest BCUT2D eigenvalue weighted by Crippen LogP contribution is -2.45. The second kappa shape index (κ2) is 7.41. The Balaban J connectivity index is 1.93. The van der Waals surface area contributed by atoms with Crippen molar-refractivity contribution in [1.82, 2.24) is 10.2 Å². The van der Waals surface area contributed by atoms with Gasteiger partial charge in [-0.3, -0.25) is 4.90 Å². The summed E-state index contributed by atoms with van der Waals surface area (Å²) >= 11 is 1.81. The first kappa shape index (κ1) is 15.0. The summed E-state index contributed by atoms with van der Waals surface area (Å²) in [5, 5.41) is 8.22. The quantitative estimate of drug-likeness (QED) is 0.889. The second-order valence-electron chi connectivity index (χ2n) is 5.98. The largest absolute Gasteiger partial charge is 0.312 e. The molecule has 19 heavy (non-hydrogen) atoms. The summed E-state index contributed by atoms with van der Waals surface area (Å²) in [6.07, 6.45) is 3.74. The van der Waals surface area contributed by atoms with E-state index in [0.717, 1.165) is 5.92 Å². The van der Waals surface area contributed by atoms with Gasteiger partial charge in [-0.05, 0) is 61.2 Å². The monoisotopic (exact) mass is 280 g/mol. The van der Waals surface area contributed by atoms with Gasteiger partial charge >= 0.3 is 0 Å². The smallest absolute Gasteiger partial charge is 0.0220 e. The first-order valence-corrected chi connectivity index (χ1v) is 8.63. The highest BCUT2D eigenvalue weighted by Crippen LogP contribution is 2.17. The fourth-order valence-corrected chi connectivity index (χ4v) is 3.60. The first-order valence-electron chi connectivity index (χ1n) is 7.69. The highest BCUT2D eigenvalue weighted by molar-refractivity contribution is 7.07. The SMILES string of the molecule is CCC(C)C1CN(C(C)Cc2ccsc2)CCCN1. The molecule has 3 atom stereocenters. The summed E-state index contributed by atoms with van der Waals surface area (Å²) < 4.78 is 0. The Kier molecular flexibility index (Phi) is 5.86. The van der Waals surface area contributed by atoms with Gasteiger partial charge < -0.3 is 5.32 Å². The minimum atomic E-state index is 0.654. The summed E-state index contributed by atoms with van der Waals surface area (Å²) in [4.78, 5) is 2.69. The number of hydrogen-bond donors (Lipinski definition) is 1. The van der Waals surface area contributed by atoms with Gasteiger partial charge in [-0.2, -0.15) is 11.3 Å². The van der Waals surface area contributed by atoms with Crippen molar-refractivity contribution in [1.29, 1.82) is 0 Å². The first-order chi connectivity index (χ1) is 9.20. The third-order valence-corrected chi connectivity index (χ3v) is 5.26. The molecule has 2 nitrogen and oxygen atoms in total. The van der Waals surface area contributed by atoms with Gasteiger partial charge in [0.15, 0.2) is 0 Å². The van der Waals surface area contributed by atoms with Crippen molar-refractivity contribution >= 4 is 11.3 Å². The van der Waals surface area contributed by atoms with Crippen LogP contribution in [-0.2, 0) is 6.42 Å². The highest BCUT2D eigenvalue weighted by Gasteiger charge is 2.24. The average molecular weight is 280 g/mol. The average Bonchev–Trinajstić information content (AvgIpc) is 2.79. The molecule has 1 N–H and O–H groups in total. The molecule has 1 aliphatic heterocycles. The minimum absolute atomic E-state index is 0.654. The zero-order chi connectivity index (χ0) is 13.7. The van der Waals surface area contributed by atoms with Crippen LogP contribution in [0.25, 0.3) is 0 Å². The van der Waals surface area contributed by atoms with Crippen LogP contribution in [0.2, 0.25) is 0 Å². The van der Waals surface area contributed by atoms with Crippen molar-refractivity contribution < 1.29 is 0 Å². The standard InChI is InChI=1S/C16H28N2S/c1-4-13(2)16-11-18(8-5-7-17-16)14(3)10-15-6-9-19-12-15/h6,9,12-14,16-17H,4-5,7-8,10-11H2,1-3H3. The van der Waals surface area contributed by atoms with Gasteiger partial charge in [-0.1, -0.05) is 20.3 Å². The molecule has 0 aliphatic carbocycles. The van der Waals surface area contributed by atoms with E-state index in [2.05, 4.69) is 47.8 Å². The van der Waals surface area contributed by atoms with E-state index >= 15 is 0 Å². The number of nitrogens with one attached hydrogen (secondary N) is 1. The maximum Gasteiger partial charge on any atom is 0.0220 e. The van der Waals surface area contributed by atoms with Crippen LogP contribution in [-0.4, -0.2) is 36.6 Å². The molecule has 0 radical (unpaired) electrons. The van der Waals surface area contributed by atoms with E-state index in [1.54, 1.807) is 0 Å². The minimum Gasteiger partial charge on any atom is -0.312 e. The fraction of sp³-hybridized carbons (Fsp3) is 0.750. The molecule has 3 heteroatoms. The molecule has 0 spiro atoms. The molecule has 3 unspecified atom stereocenters. The predicted octanol–water partition coefficient (Wildman–Crippen LogP) is 3.39. The maximum absolute atomic E-state index is 3.74. The zero-order valence-electron chi connectivity index (χ0n) is 12.6. The summed E-state index contributed by atoms with van der Waals surface area (Å²) in [5.41, 5.74) is 1.50. The molecular formula is C16H28N2S. The number of thiophene rings is 1. The lowest BCUT2D eigenvalue weighted by Gasteiger charge is -2.32. The van der Waals surface area contributed by atoms with Gasteiger partial charge in [0.05, 0.1) is 0 Å². The molecule has 0 bridgehead atoms. The third kappa shape index (κ3) is 4.30. The van der Waals surface area contributed by atoms with Crippen molar-refractivity contribution in [3.8, 4) is 0 Å². The van der Waals surface area contributed by atoms with E-state index in [1.807, 2.05) is 11.3 Å². The predicted molar refractivity (Wildman–Crippen MR) is 84.9 cm³/mol. The van der Waals surface area contributed by atoms with Crippen LogP contribution in [0.15, 0.2) is 16.8 Å². The van der Waals surface area contributed by atoms with Crippen molar-refractivity contribution in [2.24, 2.45) is 5.92 Å². The molecule has 108 valence electrons. The Bertz CT molecular complexity index is 350. The van der Waals surface area contributed by atoms with Gasteiger partial charge in [0.25, 0.3) is 0 Å². The molecule has 0 amide bonds. The molecule has 1 aliphatic rings. The molecule has 2 heterocycles. The van der Waals surface area contributed by atoms with Gasteiger partial charge in [0, 0.05) is 18.6 Å². The zero-order valence-corrected chi connectivity index (χ0v) is 13.4. The van der Waals surface area contributed by atoms with Crippen molar-refractivity contribution in [2.45, 2.75) is 52.1 Å². The van der Waals surface area contributed by atoms with Crippen LogP contribution >= 0.6 is 11.3 Å². The Morgan fingerprint density at radius 1 is 1.47 bits per heavy atom. The molecule has 1 saturated heterocycles. The van der Waals surface area contributed by atoms with Crippen LogP contribution in [0, 0.1) is 5.92 Å². The van der Waals surface area contributed by atoms with Crippen LogP contribution < -0.4 is 5.32 Å². The molecule has 1 fully saturated rings. The topological polar surface area (TPSA) is 15.3 Å². The van der Waals surface area contributed by atoms with E-state index in [-0.39, 0.29) is 0 Å². The Hall–Kier alpha value is -0.380. The summed E-state index contributed by atoms with van der Waals surface area (Å²) in [6.45, 7) is 10.7. The van der Waals surface area contributed by atoms with E-state index in [9.17, 15) is 0 Å². The van der Waals surface area contributed by atoms with Crippen LogP contribution in [0.5, 0.6) is 0 Å². The highest BCUT2D eigenvalue weighted by atomic mass is 32.1. The third-order valence-electron chi connectivity index (χ3n) is 4.53. The van der Waals surface area contributed by atoms with Crippen molar-refractivity contribution in [3.63, 3.8) is 0 Å². The Morgan fingerprint density at radius 3 is 3.00 bits per heavy atom. The van der Waals surface area contributed by atoms with Gasteiger partial charge in [0.1, 0.15) is 0 Å². The fourth-order valence-electron chi connectivity index (χ4n) is 2.92. The molecule has 1 aromatic heterocycles. The van der Waals surface area contributed by atoms with E-state index in [4.69, 9.17) is 0 Å². The van der Waals surface area contributed by atoms with E-state index < -0.39 is 0 Å². The van der Waals surface area contributed by atoms with Crippen LogP contribution in [0.1, 0.15) is 39.2 Å². The van der Waals surface area contributed by atoms with Gasteiger partial charge in [-0.25, -0.2) is 0 Å². The lowest BCUT2D eigenvalue weighted by atomic mass is 9.98. The molecule has 2 rings (SSSR count). The van der Waals surface area contributed by atoms with Crippen molar-refractivity contribution in [3.05, 3.63) is 22.4 Å². The number of rotatable bonds is 5. The number of hydrogen-bond acceptors (Lipinski definition) is 3. The van der Waals surface area contributed by atoms with E-state index in [1.165, 1.54) is 44.5 Å². The molecule has 0 aromatic carbocycles. The normalized spacial score (nSPS) is 24.9. The number of nitrogens with zero attached hydrogens (tertiary/aromatic N) is 1. The van der Waals surface area contributed by atoms with E-state index in [0.29, 0.717) is 12.1 Å². The maximum atomic E-state index is 3.74.